The minimum absolute atomic E-state index is 0.275. The molecular weight excluding hydrogens is 232 g/mol. The predicted octanol–water partition coefficient (Wildman–Crippen LogP) is 4.80. The van der Waals surface area contributed by atoms with Crippen molar-refractivity contribution in [3.8, 4) is 0 Å². The molecule has 92 valence electrons. The summed E-state index contributed by atoms with van der Waals surface area (Å²) in [7, 11) is 0. The molecule has 0 atom stereocenters. The van der Waals surface area contributed by atoms with Gasteiger partial charge >= 0.3 is 0 Å². The van der Waals surface area contributed by atoms with E-state index in [0.717, 1.165) is 16.1 Å². The van der Waals surface area contributed by atoms with Crippen molar-refractivity contribution >= 4 is 17.4 Å². The average molecular weight is 251 g/mol. The van der Waals surface area contributed by atoms with Crippen LogP contribution in [0.4, 0.5) is 0 Å². The van der Waals surface area contributed by atoms with Crippen molar-refractivity contribution in [2.24, 2.45) is 5.92 Å². The molecule has 0 N–H and O–H groups in total. The van der Waals surface area contributed by atoms with Crippen LogP contribution in [0.3, 0.4) is 0 Å². The van der Waals surface area contributed by atoms with Gasteiger partial charge < -0.3 is 0 Å². The molecule has 1 aromatic rings. The standard InChI is InChI=1S/C15H19ClO/c1-11-9-13(7-8-14(11)16)15(17)10-12-5-3-2-4-6-12/h7-9,12H,2-6,10H2,1H3. The van der Waals surface area contributed by atoms with Gasteiger partial charge in [-0.2, -0.15) is 0 Å². The van der Waals surface area contributed by atoms with Gasteiger partial charge in [0.1, 0.15) is 0 Å². The summed E-state index contributed by atoms with van der Waals surface area (Å²) in [6.07, 6.45) is 7.07. The van der Waals surface area contributed by atoms with Crippen molar-refractivity contribution in [3.05, 3.63) is 34.3 Å². The Bertz CT molecular complexity index is 405. The van der Waals surface area contributed by atoms with Crippen molar-refractivity contribution in [3.63, 3.8) is 0 Å². The zero-order valence-electron chi connectivity index (χ0n) is 10.3. The van der Waals surface area contributed by atoms with Crippen LogP contribution in [-0.2, 0) is 0 Å². The third-order valence-electron chi connectivity index (χ3n) is 3.68. The lowest BCUT2D eigenvalue weighted by Crippen LogP contribution is -2.12. The molecule has 0 heterocycles. The van der Waals surface area contributed by atoms with Gasteiger partial charge in [0.2, 0.25) is 0 Å². The van der Waals surface area contributed by atoms with E-state index >= 15 is 0 Å². The van der Waals surface area contributed by atoms with Crippen LogP contribution >= 0.6 is 11.6 Å². The van der Waals surface area contributed by atoms with E-state index in [-0.39, 0.29) is 5.78 Å². The van der Waals surface area contributed by atoms with Crippen molar-refractivity contribution in [1.82, 2.24) is 0 Å². The third kappa shape index (κ3) is 3.32. The minimum atomic E-state index is 0.275. The summed E-state index contributed by atoms with van der Waals surface area (Å²) in [5, 5.41) is 0.735. The lowest BCUT2D eigenvalue weighted by atomic mass is 9.84. The van der Waals surface area contributed by atoms with Crippen LogP contribution in [0.1, 0.15) is 54.4 Å². The fourth-order valence-corrected chi connectivity index (χ4v) is 2.71. The van der Waals surface area contributed by atoms with E-state index < -0.39 is 0 Å². The first-order valence-electron chi connectivity index (χ1n) is 6.46. The lowest BCUT2D eigenvalue weighted by molar-refractivity contribution is 0.0950. The van der Waals surface area contributed by atoms with Gasteiger partial charge in [0.05, 0.1) is 0 Å². The van der Waals surface area contributed by atoms with Gasteiger partial charge in [-0.1, -0.05) is 43.7 Å². The third-order valence-corrected chi connectivity index (χ3v) is 4.10. The van der Waals surface area contributed by atoms with Crippen molar-refractivity contribution in [2.45, 2.75) is 45.4 Å². The van der Waals surface area contributed by atoms with Gasteiger partial charge in [-0.05, 0) is 36.6 Å². The zero-order valence-corrected chi connectivity index (χ0v) is 11.1. The fourth-order valence-electron chi connectivity index (χ4n) is 2.59. The summed E-state index contributed by atoms with van der Waals surface area (Å²) in [5.41, 5.74) is 1.80. The topological polar surface area (TPSA) is 17.1 Å². The number of benzene rings is 1. The van der Waals surface area contributed by atoms with E-state index in [2.05, 4.69) is 0 Å². The molecule has 1 aliphatic carbocycles. The van der Waals surface area contributed by atoms with E-state index in [1.807, 2.05) is 25.1 Å². The van der Waals surface area contributed by atoms with Crippen LogP contribution in [0.25, 0.3) is 0 Å². The molecule has 2 heteroatoms. The molecule has 1 nitrogen and oxygen atoms in total. The SMILES string of the molecule is Cc1cc(C(=O)CC2CCCCC2)ccc1Cl. The summed E-state index contributed by atoms with van der Waals surface area (Å²) >= 11 is 5.97. The highest BCUT2D eigenvalue weighted by molar-refractivity contribution is 6.31. The smallest absolute Gasteiger partial charge is 0.163 e. The molecule has 0 unspecified atom stereocenters. The van der Waals surface area contributed by atoms with Crippen LogP contribution in [0.2, 0.25) is 5.02 Å². The molecule has 0 amide bonds. The van der Waals surface area contributed by atoms with E-state index in [1.54, 1.807) is 0 Å². The largest absolute Gasteiger partial charge is 0.294 e. The second-order valence-electron chi connectivity index (χ2n) is 5.10. The number of ketones is 1. The highest BCUT2D eigenvalue weighted by Gasteiger charge is 2.18. The number of aryl methyl sites for hydroxylation is 1. The van der Waals surface area contributed by atoms with Crippen LogP contribution in [0.5, 0.6) is 0 Å². The van der Waals surface area contributed by atoms with E-state index in [4.69, 9.17) is 11.6 Å². The predicted molar refractivity (Wildman–Crippen MR) is 71.7 cm³/mol. The Kier molecular flexibility index (Phi) is 4.22. The highest BCUT2D eigenvalue weighted by atomic mass is 35.5. The van der Waals surface area contributed by atoms with Crippen molar-refractivity contribution < 1.29 is 4.79 Å². The monoisotopic (exact) mass is 250 g/mol. The molecule has 0 saturated heterocycles. The molecule has 0 bridgehead atoms. The van der Waals surface area contributed by atoms with Crippen molar-refractivity contribution in [1.29, 1.82) is 0 Å². The number of Topliss-reactive ketones (excluding diaryl/α,β-unsaturated/α-hetero) is 1. The first-order chi connectivity index (χ1) is 8.16. The Hall–Kier alpha value is -0.820. The molecule has 0 radical (unpaired) electrons. The summed E-state index contributed by atoms with van der Waals surface area (Å²) in [4.78, 5) is 12.1. The van der Waals surface area contributed by atoms with Gasteiger partial charge in [0, 0.05) is 17.0 Å². The van der Waals surface area contributed by atoms with Crippen molar-refractivity contribution in [2.75, 3.05) is 0 Å². The first-order valence-corrected chi connectivity index (χ1v) is 6.84. The minimum Gasteiger partial charge on any atom is -0.294 e. The van der Waals surface area contributed by atoms with Crippen LogP contribution in [0, 0.1) is 12.8 Å². The first kappa shape index (κ1) is 12.6. The lowest BCUT2D eigenvalue weighted by Gasteiger charge is -2.20. The van der Waals surface area contributed by atoms with Gasteiger partial charge in [0.15, 0.2) is 5.78 Å². The van der Waals surface area contributed by atoms with E-state index in [0.29, 0.717) is 12.3 Å². The number of carbonyl (C=O) groups is 1. The van der Waals surface area contributed by atoms with Gasteiger partial charge in [0.25, 0.3) is 0 Å². The average Bonchev–Trinajstić information content (AvgIpc) is 2.34. The summed E-state index contributed by atoms with van der Waals surface area (Å²) in [6.45, 7) is 1.94. The number of carbonyl (C=O) groups excluding carboxylic acids is 1. The summed E-state index contributed by atoms with van der Waals surface area (Å²) < 4.78 is 0. The zero-order chi connectivity index (χ0) is 12.3. The fraction of sp³-hybridized carbons (Fsp3) is 0.533. The van der Waals surface area contributed by atoms with E-state index in [9.17, 15) is 4.79 Å². The van der Waals surface area contributed by atoms with Crippen LogP contribution in [0.15, 0.2) is 18.2 Å². The Morgan fingerprint density at radius 2 is 2.00 bits per heavy atom. The Morgan fingerprint density at radius 3 is 2.65 bits per heavy atom. The molecule has 2 rings (SSSR count). The molecular formula is C15H19ClO. The molecule has 1 fully saturated rings. The number of halogens is 1. The molecule has 1 aliphatic rings. The Balaban J connectivity index is 2.01. The quantitative estimate of drug-likeness (QED) is 0.704. The van der Waals surface area contributed by atoms with Crippen LogP contribution in [-0.4, -0.2) is 5.78 Å². The maximum absolute atomic E-state index is 12.1. The number of hydrogen-bond acceptors (Lipinski definition) is 1. The molecule has 1 aromatic carbocycles. The van der Waals surface area contributed by atoms with E-state index in [1.165, 1.54) is 32.1 Å². The van der Waals surface area contributed by atoms with Gasteiger partial charge in [-0.15, -0.1) is 0 Å². The Morgan fingerprint density at radius 1 is 1.29 bits per heavy atom. The molecule has 0 aliphatic heterocycles. The number of hydrogen-bond donors (Lipinski definition) is 0. The Labute approximate surface area is 108 Å². The number of rotatable bonds is 3. The van der Waals surface area contributed by atoms with Gasteiger partial charge in [-0.25, -0.2) is 0 Å². The maximum Gasteiger partial charge on any atom is 0.163 e. The molecule has 0 aromatic heterocycles. The molecule has 17 heavy (non-hydrogen) atoms. The second-order valence-corrected chi connectivity index (χ2v) is 5.50. The summed E-state index contributed by atoms with van der Waals surface area (Å²) in [6, 6.07) is 5.58. The van der Waals surface area contributed by atoms with Crippen LogP contribution < -0.4 is 0 Å². The normalized spacial score (nSPS) is 17.1. The highest BCUT2D eigenvalue weighted by Crippen LogP contribution is 2.28. The maximum atomic E-state index is 12.1. The summed E-state index contributed by atoms with van der Waals surface area (Å²) in [5.74, 6) is 0.879. The molecule has 1 saturated carbocycles. The second kappa shape index (κ2) is 5.68. The van der Waals surface area contributed by atoms with Gasteiger partial charge in [-0.3, -0.25) is 4.79 Å². The molecule has 0 spiro atoms.